The maximum atomic E-state index is 6.26. The number of aliphatic imine (C=N–C) groups is 1. The van der Waals surface area contributed by atoms with Gasteiger partial charge in [-0.05, 0) is 24.1 Å². The number of guanidine groups is 1. The Kier molecular flexibility index (Phi) is 5.78. The topological polar surface area (TPSA) is 63.0 Å². The number of rotatable bonds is 6. The molecule has 0 unspecified atom stereocenters. The summed E-state index contributed by atoms with van der Waals surface area (Å²) in [6.45, 7) is 1.35. The molecule has 0 atom stereocenters. The lowest BCUT2D eigenvalue weighted by Gasteiger charge is -2.12. The molecule has 0 spiro atoms. The number of nitrogens with one attached hydrogen (secondary N) is 2. The minimum Gasteiger partial charge on any atom is -0.497 e. The second-order valence-corrected chi connectivity index (χ2v) is 6.67. The molecular weight excluding hydrogens is 358 g/mol. The van der Waals surface area contributed by atoms with E-state index in [0.717, 1.165) is 40.9 Å². The fourth-order valence-corrected chi connectivity index (χ4v) is 3.41. The Morgan fingerprint density at radius 2 is 2.28 bits per heavy atom. The fraction of sp³-hybridized carbons (Fsp3) is 0.294. The van der Waals surface area contributed by atoms with Crippen LogP contribution in [0.3, 0.4) is 0 Å². The average Bonchev–Trinajstić information content (AvgIpc) is 3.20. The Balaban J connectivity index is 1.48. The molecule has 25 heavy (non-hydrogen) atoms. The predicted octanol–water partition coefficient (Wildman–Crippen LogP) is 2.97. The zero-order valence-electron chi connectivity index (χ0n) is 14.1. The molecule has 0 aliphatic rings. The molecule has 0 amide bonds. The number of hydrogen-bond acceptors (Lipinski definition) is 4. The molecule has 0 fully saturated rings. The summed E-state index contributed by atoms with van der Waals surface area (Å²) < 4.78 is 7.18. The first-order chi connectivity index (χ1) is 12.2. The summed E-state index contributed by atoms with van der Waals surface area (Å²) in [5.41, 5.74) is 2.05. The Hall–Kier alpha value is -2.25. The summed E-state index contributed by atoms with van der Waals surface area (Å²) in [6, 6.07) is 5.73. The van der Waals surface area contributed by atoms with Gasteiger partial charge in [0.25, 0.3) is 0 Å². The van der Waals surface area contributed by atoms with Gasteiger partial charge in [0, 0.05) is 36.4 Å². The molecule has 0 aliphatic heterocycles. The zero-order chi connectivity index (χ0) is 17.6. The number of imidazole rings is 1. The van der Waals surface area contributed by atoms with Gasteiger partial charge in [-0.15, -0.1) is 11.3 Å². The number of halogens is 1. The van der Waals surface area contributed by atoms with E-state index in [-0.39, 0.29) is 0 Å². The van der Waals surface area contributed by atoms with E-state index >= 15 is 0 Å². The second kappa shape index (κ2) is 8.22. The summed E-state index contributed by atoms with van der Waals surface area (Å²) >= 11 is 7.88. The Bertz CT molecular complexity index is 844. The van der Waals surface area contributed by atoms with Crippen molar-refractivity contribution in [2.45, 2.75) is 13.0 Å². The van der Waals surface area contributed by atoms with Gasteiger partial charge in [-0.25, -0.2) is 4.98 Å². The van der Waals surface area contributed by atoms with Crippen LogP contribution in [0.15, 0.2) is 41.0 Å². The van der Waals surface area contributed by atoms with Crippen molar-refractivity contribution in [3.8, 4) is 5.75 Å². The molecule has 132 valence electrons. The highest BCUT2D eigenvalue weighted by Gasteiger charge is 2.05. The normalized spacial score (nSPS) is 11.7. The van der Waals surface area contributed by atoms with Crippen LogP contribution >= 0.6 is 22.9 Å². The lowest BCUT2D eigenvalue weighted by molar-refractivity contribution is 0.414. The van der Waals surface area contributed by atoms with E-state index in [1.54, 1.807) is 25.5 Å². The van der Waals surface area contributed by atoms with Crippen LogP contribution in [0.1, 0.15) is 11.3 Å². The predicted molar refractivity (Wildman–Crippen MR) is 103 cm³/mol. The van der Waals surface area contributed by atoms with Crippen molar-refractivity contribution in [3.05, 3.63) is 52.3 Å². The SMILES string of the molecule is CN=C(NCCc1ccc(OC)cc1Cl)NCc1cn2ccsc2n1. The standard InChI is InChI=1S/C17H20ClN5OS/c1-19-16(21-10-13-11-23-7-8-25-17(23)22-13)20-6-5-12-3-4-14(24-2)9-15(12)18/h3-4,7-9,11H,5-6,10H2,1-2H3,(H2,19,20,21). The van der Waals surface area contributed by atoms with Gasteiger partial charge in [0.2, 0.25) is 0 Å². The molecule has 0 aliphatic carbocycles. The van der Waals surface area contributed by atoms with Crippen LogP contribution < -0.4 is 15.4 Å². The van der Waals surface area contributed by atoms with Gasteiger partial charge in [0.1, 0.15) is 5.75 Å². The highest BCUT2D eigenvalue weighted by molar-refractivity contribution is 7.15. The summed E-state index contributed by atoms with van der Waals surface area (Å²) in [4.78, 5) is 9.77. The number of hydrogen-bond donors (Lipinski definition) is 2. The van der Waals surface area contributed by atoms with Crippen LogP contribution in [0, 0.1) is 0 Å². The number of methoxy groups -OCH3 is 1. The van der Waals surface area contributed by atoms with E-state index < -0.39 is 0 Å². The number of benzene rings is 1. The molecule has 0 saturated carbocycles. The highest BCUT2D eigenvalue weighted by Crippen LogP contribution is 2.22. The monoisotopic (exact) mass is 377 g/mol. The van der Waals surface area contributed by atoms with Gasteiger partial charge in [0.05, 0.1) is 19.3 Å². The van der Waals surface area contributed by atoms with Crippen molar-refractivity contribution in [1.29, 1.82) is 0 Å². The van der Waals surface area contributed by atoms with E-state index in [9.17, 15) is 0 Å². The summed E-state index contributed by atoms with van der Waals surface area (Å²) in [7, 11) is 3.38. The quantitative estimate of drug-likeness (QED) is 0.512. The van der Waals surface area contributed by atoms with Crippen LogP contribution in [0.4, 0.5) is 0 Å². The Morgan fingerprint density at radius 3 is 3.00 bits per heavy atom. The van der Waals surface area contributed by atoms with Crippen LogP contribution in [-0.2, 0) is 13.0 Å². The molecule has 3 aromatic rings. The number of thiazole rings is 1. The number of ether oxygens (including phenoxy) is 1. The molecule has 8 heteroatoms. The number of aromatic nitrogens is 2. The minimum absolute atomic E-state index is 0.622. The zero-order valence-corrected chi connectivity index (χ0v) is 15.7. The van der Waals surface area contributed by atoms with Crippen LogP contribution in [-0.4, -0.2) is 36.0 Å². The first-order valence-corrected chi connectivity index (χ1v) is 9.13. The van der Waals surface area contributed by atoms with Crippen molar-refractivity contribution in [3.63, 3.8) is 0 Å². The van der Waals surface area contributed by atoms with Gasteiger partial charge < -0.3 is 15.4 Å². The third-order valence-electron chi connectivity index (χ3n) is 3.75. The number of fused-ring (bicyclic) bond motifs is 1. The first kappa shape index (κ1) is 17.6. The van der Waals surface area contributed by atoms with E-state index in [2.05, 4.69) is 20.6 Å². The molecule has 2 heterocycles. The molecule has 0 saturated heterocycles. The van der Waals surface area contributed by atoms with Crippen molar-refractivity contribution in [1.82, 2.24) is 20.0 Å². The number of nitrogens with zero attached hydrogens (tertiary/aromatic N) is 3. The Morgan fingerprint density at radius 1 is 1.40 bits per heavy atom. The van der Waals surface area contributed by atoms with E-state index in [4.69, 9.17) is 16.3 Å². The molecule has 3 rings (SSSR count). The van der Waals surface area contributed by atoms with E-state index in [1.807, 2.05) is 40.4 Å². The van der Waals surface area contributed by atoms with Gasteiger partial charge in [-0.1, -0.05) is 17.7 Å². The summed E-state index contributed by atoms with van der Waals surface area (Å²) in [5, 5.41) is 9.29. The maximum Gasteiger partial charge on any atom is 0.193 e. The van der Waals surface area contributed by atoms with Gasteiger partial charge in [0.15, 0.2) is 10.9 Å². The Labute approximate surface area is 155 Å². The molecule has 2 aromatic heterocycles. The first-order valence-electron chi connectivity index (χ1n) is 7.87. The largest absolute Gasteiger partial charge is 0.497 e. The van der Waals surface area contributed by atoms with Gasteiger partial charge >= 0.3 is 0 Å². The van der Waals surface area contributed by atoms with Crippen molar-refractivity contribution < 1.29 is 4.74 Å². The van der Waals surface area contributed by atoms with E-state index in [1.165, 1.54) is 0 Å². The molecule has 1 aromatic carbocycles. The van der Waals surface area contributed by atoms with Crippen LogP contribution in [0.5, 0.6) is 5.75 Å². The van der Waals surface area contributed by atoms with Crippen molar-refractivity contribution >= 4 is 33.9 Å². The van der Waals surface area contributed by atoms with Crippen molar-refractivity contribution in [2.75, 3.05) is 20.7 Å². The fourth-order valence-electron chi connectivity index (χ4n) is 2.43. The molecular formula is C17H20ClN5OS. The maximum absolute atomic E-state index is 6.26. The minimum atomic E-state index is 0.622. The lowest BCUT2D eigenvalue weighted by Crippen LogP contribution is -2.37. The smallest absolute Gasteiger partial charge is 0.193 e. The second-order valence-electron chi connectivity index (χ2n) is 5.38. The lowest BCUT2D eigenvalue weighted by atomic mass is 10.1. The molecule has 6 nitrogen and oxygen atoms in total. The summed E-state index contributed by atoms with van der Waals surface area (Å²) in [6.07, 6.45) is 4.81. The van der Waals surface area contributed by atoms with E-state index in [0.29, 0.717) is 11.6 Å². The molecule has 0 bridgehead atoms. The summed E-state index contributed by atoms with van der Waals surface area (Å²) in [5.74, 6) is 1.50. The van der Waals surface area contributed by atoms with Gasteiger partial charge in [-0.2, -0.15) is 0 Å². The van der Waals surface area contributed by atoms with Crippen molar-refractivity contribution in [2.24, 2.45) is 4.99 Å². The van der Waals surface area contributed by atoms with Crippen LogP contribution in [0.25, 0.3) is 4.96 Å². The molecule has 2 N–H and O–H groups in total. The average molecular weight is 378 g/mol. The van der Waals surface area contributed by atoms with Crippen LogP contribution in [0.2, 0.25) is 5.02 Å². The molecule has 0 radical (unpaired) electrons. The highest BCUT2D eigenvalue weighted by atomic mass is 35.5. The third-order valence-corrected chi connectivity index (χ3v) is 4.87. The third kappa shape index (κ3) is 4.43. The van der Waals surface area contributed by atoms with Gasteiger partial charge in [-0.3, -0.25) is 9.39 Å².